The highest BCUT2D eigenvalue weighted by Gasteiger charge is 2.35. The zero-order valence-corrected chi connectivity index (χ0v) is 11.9. The molecule has 1 aromatic carbocycles. The van der Waals surface area contributed by atoms with Crippen LogP contribution in [0.1, 0.15) is 41.4 Å². The molecular formula is C17H16O4. The van der Waals surface area contributed by atoms with Gasteiger partial charge in [-0.15, -0.1) is 0 Å². The number of benzene rings is 1. The van der Waals surface area contributed by atoms with Crippen LogP contribution < -0.4 is 0 Å². The van der Waals surface area contributed by atoms with Crippen LogP contribution >= 0.6 is 0 Å². The molecule has 4 nitrogen and oxygen atoms in total. The maximum Gasteiger partial charge on any atom is 0.153 e. The van der Waals surface area contributed by atoms with Gasteiger partial charge in [-0.1, -0.05) is 30.3 Å². The van der Waals surface area contributed by atoms with Crippen molar-refractivity contribution in [2.75, 3.05) is 0 Å². The molecule has 1 atom stereocenters. The van der Waals surface area contributed by atoms with Crippen LogP contribution in [-0.2, 0) is 9.59 Å². The van der Waals surface area contributed by atoms with Crippen molar-refractivity contribution in [1.29, 1.82) is 0 Å². The quantitative estimate of drug-likeness (QED) is 0.604. The molecule has 0 N–H and O–H groups in total. The molecule has 0 aliphatic carbocycles. The second-order valence-electron chi connectivity index (χ2n) is 4.95. The molecule has 1 heterocycles. The maximum atomic E-state index is 11.9. The van der Waals surface area contributed by atoms with Crippen molar-refractivity contribution in [3.05, 3.63) is 59.5 Å². The lowest BCUT2D eigenvalue weighted by molar-refractivity contribution is -0.131. The number of hydrogen-bond donors (Lipinski definition) is 0. The van der Waals surface area contributed by atoms with E-state index >= 15 is 0 Å². The van der Waals surface area contributed by atoms with E-state index < -0.39 is 11.8 Å². The molecule has 0 saturated heterocycles. The van der Waals surface area contributed by atoms with E-state index in [9.17, 15) is 14.4 Å². The number of rotatable bonds is 6. The molecule has 0 aliphatic rings. The van der Waals surface area contributed by atoms with Gasteiger partial charge in [-0.3, -0.25) is 14.4 Å². The fourth-order valence-corrected chi connectivity index (χ4v) is 2.59. The average Bonchev–Trinajstić information content (AvgIpc) is 2.92. The van der Waals surface area contributed by atoms with Gasteiger partial charge in [0, 0.05) is 0 Å². The highest BCUT2D eigenvalue weighted by atomic mass is 16.3. The molecule has 0 saturated carbocycles. The number of carbonyl (C=O) groups excluding carboxylic acids is 3. The van der Waals surface area contributed by atoms with Gasteiger partial charge >= 0.3 is 0 Å². The lowest BCUT2D eigenvalue weighted by atomic mass is 9.79. The second-order valence-corrected chi connectivity index (χ2v) is 4.95. The van der Waals surface area contributed by atoms with Crippen LogP contribution in [0.5, 0.6) is 0 Å². The van der Waals surface area contributed by atoms with Gasteiger partial charge in [0.25, 0.3) is 0 Å². The summed E-state index contributed by atoms with van der Waals surface area (Å²) in [5, 5.41) is 0. The van der Waals surface area contributed by atoms with Gasteiger partial charge in [-0.05, 0) is 25.5 Å². The number of Topliss-reactive ketones (excluding diaryl/α,β-unsaturated/α-hetero) is 2. The molecule has 2 aromatic rings. The van der Waals surface area contributed by atoms with Gasteiger partial charge in [0.1, 0.15) is 17.3 Å². The van der Waals surface area contributed by atoms with E-state index in [-0.39, 0.29) is 11.6 Å². The van der Waals surface area contributed by atoms with E-state index in [1.54, 1.807) is 0 Å². The minimum Gasteiger partial charge on any atom is -0.468 e. The first-order chi connectivity index (χ1) is 10.1. The van der Waals surface area contributed by atoms with Crippen molar-refractivity contribution in [3.63, 3.8) is 0 Å². The summed E-state index contributed by atoms with van der Waals surface area (Å²) in [5.41, 5.74) is 1.13. The minimum atomic E-state index is -0.864. The van der Waals surface area contributed by atoms with E-state index in [2.05, 4.69) is 0 Å². The lowest BCUT2D eigenvalue weighted by Crippen LogP contribution is -2.28. The van der Waals surface area contributed by atoms with Crippen molar-refractivity contribution >= 4 is 17.9 Å². The number of ketones is 2. The van der Waals surface area contributed by atoms with Gasteiger partial charge in [0.15, 0.2) is 6.29 Å². The Hall–Kier alpha value is -2.49. The third-order valence-corrected chi connectivity index (χ3v) is 3.50. The Balaban J connectivity index is 2.62. The molecule has 0 amide bonds. The van der Waals surface area contributed by atoms with Crippen molar-refractivity contribution in [2.45, 2.75) is 19.8 Å². The fraction of sp³-hybridized carbons (Fsp3) is 0.235. The molecule has 0 radical (unpaired) electrons. The van der Waals surface area contributed by atoms with E-state index in [4.69, 9.17) is 4.42 Å². The van der Waals surface area contributed by atoms with Crippen LogP contribution in [-0.4, -0.2) is 17.9 Å². The summed E-state index contributed by atoms with van der Waals surface area (Å²) in [5.74, 6) is -1.59. The molecule has 0 spiro atoms. The molecule has 0 aliphatic heterocycles. The van der Waals surface area contributed by atoms with Gasteiger partial charge < -0.3 is 4.42 Å². The van der Waals surface area contributed by atoms with Crippen LogP contribution in [0.15, 0.2) is 47.1 Å². The number of carbonyl (C=O) groups is 3. The summed E-state index contributed by atoms with van der Waals surface area (Å²) in [4.78, 5) is 35.0. The molecule has 0 unspecified atom stereocenters. The fourth-order valence-electron chi connectivity index (χ4n) is 2.59. The van der Waals surface area contributed by atoms with Crippen LogP contribution in [0.3, 0.4) is 0 Å². The molecular weight excluding hydrogens is 268 g/mol. The smallest absolute Gasteiger partial charge is 0.153 e. The molecule has 21 heavy (non-hydrogen) atoms. The van der Waals surface area contributed by atoms with E-state index in [1.807, 2.05) is 30.3 Å². The van der Waals surface area contributed by atoms with Crippen molar-refractivity contribution in [3.8, 4) is 0 Å². The normalized spacial score (nSPS) is 12.1. The lowest BCUT2D eigenvalue weighted by Gasteiger charge is -2.22. The van der Waals surface area contributed by atoms with Crippen molar-refractivity contribution in [2.24, 2.45) is 5.92 Å². The zero-order valence-electron chi connectivity index (χ0n) is 11.9. The Labute approximate surface area is 122 Å². The highest BCUT2D eigenvalue weighted by Crippen LogP contribution is 2.35. The third kappa shape index (κ3) is 2.99. The summed E-state index contributed by atoms with van der Waals surface area (Å²) in [7, 11) is 0. The first-order valence-corrected chi connectivity index (χ1v) is 6.64. The third-order valence-electron chi connectivity index (χ3n) is 3.50. The Bertz CT molecular complexity index is 640. The summed E-state index contributed by atoms with van der Waals surface area (Å²) in [6, 6.07) is 10.7. The Morgan fingerprint density at radius 1 is 1.05 bits per heavy atom. The second kappa shape index (κ2) is 6.31. The van der Waals surface area contributed by atoms with E-state index in [0.717, 1.165) is 5.56 Å². The minimum absolute atomic E-state index is 0.246. The standard InChI is InChI=1S/C17H16O4/c1-11(19)15(12(2)20)16(13-6-4-3-5-7-13)17-14(10-18)8-9-21-17/h3-10,15-16H,1-2H3/t16-/m0/s1. The van der Waals surface area contributed by atoms with Crippen LogP contribution in [0, 0.1) is 5.92 Å². The highest BCUT2D eigenvalue weighted by molar-refractivity contribution is 6.02. The maximum absolute atomic E-state index is 11.9. The molecule has 4 heteroatoms. The van der Waals surface area contributed by atoms with E-state index in [0.29, 0.717) is 17.6 Å². The average molecular weight is 284 g/mol. The Kier molecular flexibility index (Phi) is 4.48. The van der Waals surface area contributed by atoms with Gasteiger partial charge in [0.2, 0.25) is 0 Å². The van der Waals surface area contributed by atoms with Gasteiger partial charge in [-0.25, -0.2) is 0 Å². The SMILES string of the molecule is CC(=O)C(C(C)=O)[C@H](c1ccccc1)c1occc1C=O. The molecule has 1 aromatic heterocycles. The molecule has 0 fully saturated rings. The zero-order chi connectivity index (χ0) is 15.4. The first-order valence-electron chi connectivity index (χ1n) is 6.64. The van der Waals surface area contributed by atoms with E-state index in [1.165, 1.54) is 26.2 Å². The first kappa shape index (κ1) is 14.9. The summed E-state index contributed by atoms with van der Waals surface area (Å²) < 4.78 is 5.42. The molecule has 2 rings (SSSR count). The largest absolute Gasteiger partial charge is 0.468 e. The number of furan rings is 1. The van der Waals surface area contributed by atoms with Crippen molar-refractivity contribution in [1.82, 2.24) is 0 Å². The topological polar surface area (TPSA) is 64.3 Å². The number of aldehydes is 1. The van der Waals surface area contributed by atoms with Gasteiger partial charge in [0.05, 0.1) is 23.7 Å². The van der Waals surface area contributed by atoms with Gasteiger partial charge in [-0.2, -0.15) is 0 Å². The summed E-state index contributed by atoms with van der Waals surface area (Å²) >= 11 is 0. The number of hydrogen-bond acceptors (Lipinski definition) is 4. The predicted octanol–water partition coefficient (Wildman–Crippen LogP) is 3.02. The Morgan fingerprint density at radius 3 is 2.19 bits per heavy atom. The predicted molar refractivity (Wildman–Crippen MR) is 77.2 cm³/mol. The Morgan fingerprint density at radius 2 is 1.67 bits per heavy atom. The molecule has 108 valence electrons. The molecule has 0 bridgehead atoms. The van der Waals surface area contributed by atoms with Crippen LogP contribution in [0.25, 0.3) is 0 Å². The monoisotopic (exact) mass is 284 g/mol. The van der Waals surface area contributed by atoms with Crippen molar-refractivity contribution < 1.29 is 18.8 Å². The van der Waals surface area contributed by atoms with Crippen LogP contribution in [0.2, 0.25) is 0 Å². The summed E-state index contributed by atoms with van der Waals surface area (Å²) in [6.07, 6.45) is 2.07. The summed E-state index contributed by atoms with van der Waals surface area (Å²) in [6.45, 7) is 2.76. The van der Waals surface area contributed by atoms with Crippen LogP contribution in [0.4, 0.5) is 0 Å².